The van der Waals surface area contributed by atoms with Crippen LogP contribution in [0.3, 0.4) is 0 Å². The maximum absolute atomic E-state index is 10.5. The molecular formula is C10H12O6. The van der Waals surface area contributed by atoms with Gasteiger partial charge in [0.05, 0.1) is 13.2 Å². The third-order valence-electron chi connectivity index (χ3n) is 2.18. The summed E-state index contributed by atoms with van der Waals surface area (Å²) in [5.41, 5.74) is 0.113. The molecule has 6 nitrogen and oxygen atoms in total. The van der Waals surface area contributed by atoms with Crippen LogP contribution >= 0.6 is 0 Å². The van der Waals surface area contributed by atoms with E-state index in [2.05, 4.69) is 0 Å². The largest absolute Gasteiger partial charge is 0.507 e. The molecule has 0 saturated carbocycles. The van der Waals surface area contributed by atoms with E-state index < -0.39 is 25.3 Å². The monoisotopic (exact) mass is 228 g/mol. The van der Waals surface area contributed by atoms with Crippen molar-refractivity contribution in [1.29, 1.82) is 0 Å². The number of benzene rings is 1. The minimum atomic E-state index is -1.75. The van der Waals surface area contributed by atoms with Crippen molar-refractivity contribution in [3.05, 3.63) is 28.8 Å². The van der Waals surface area contributed by atoms with Crippen LogP contribution in [0, 0.1) is 0 Å². The molecule has 0 spiro atoms. The molecule has 0 aliphatic heterocycles. The van der Waals surface area contributed by atoms with Gasteiger partial charge in [-0.3, -0.25) is 0 Å². The maximum Gasteiger partial charge on any atom is 0.337 e. The molecule has 0 amide bonds. The van der Waals surface area contributed by atoms with E-state index in [4.69, 9.17) is 15.3 Å². The third-order valence-corrected chi connectivity index (χ3v) is 2.18. The lowest BCUT2D eigenvalue weighted by Crippen LogP contribution is -2.11. The second-order valence-corrected chi connectivity index (χ2v) is 3.24. The SMILES string of the molecule is O=C(O)C(O)c1cc(CO)c(O)c(CO)c1. The summed E-state index contributed by atoms with van der Waals surface area (Å²) in [5.74, 6) is -1.75. The Morgan fingerprint density at radius 1 is 1.19 bits per heavy atom. The molecule has 1 aromatic carbocycles. The Bertz CT molecular complexity index is 375. The highest BCUT2D eigenvalue weighted by Crippen LogP contribution is 2.27. The molecule has 0 aromatic heterocycles. The molecule has 0 aliphatic rings. The summed E-state index contributed by atoms with van der Waals surface area (Å²) in [4.78, 5) is 10.5. The van der Waals surface area contributed by atoms with E-state index in [-0.39, 0.29) is 22.4 Å². The number of hydrogen-bond acceptors (Lipinski definition) is 5. The Morgan fingerprint density at radius 3 is 1.94 bits per heavy atom. The molecule has 1 unspecified atom stereocenters. The van der Waals surface area contributed by atoms with E-state index >= 15 is 0 Å². The summed E-state index contributed by atoms with van der Waals surface area (Å²) >= 11 is 0. The first kappa shape index (κ1) is 12.4. The lowest BCUT2D eigenvalue weighted by Gasteiger charge is -2.12. The third kappa shape index (κ3) is 2.30. The van der Waals surface area contributed by atoms with Crippen molar-refractivity contribution in [2.24, 2.45) is 0 Å². The number of aliphatic hydroxyl groups is 3. The Labute approximate surface area is 91.0 Å². The number of rotatable bonds is 4. The van der Waals surface area contributed by atoms with Gasteiger partial charge in [-0.2, -0.15) is 0 Å². The van der Waals surface area contributed by atoms with E-state index in [0.29, 0.717) is 0 Å². The summed E-state index contributed by atoms with van der Waals surface area (Å²) in [5, 5.41) is 45.2. The molecule has 0 bridgehead atoms. The zero-order valence-electron chi connectivity index (χ0n) is 8.29. The van der Waals surface area contributed by atoms with Gasteiger partial charge in [0.25, 0.3) is 0 Å². The molecule has 5 N–H and O–H groups in total. The highest BCUT2D eigenvalue weighted by Gasteiger charge is 2.19. The van der Waals surface area contributed by atoms with E-state index in [0.717, 1.165) is 0 Å². The highest BCUT2D eigenvalue weighted by molar-refractivity contribution is 5.74. The Balaban J connectivity index is 3.26. The fraction of sp³-hybridized carbons (Fsp3) is 0.300. The van der Waals surface area contributed by atoms with Gasteiger partial charge in [0.2, 0.25) is 0 Å². The molecule has 16 heavy (non-hydrogen) atoms. The van der Waals surface area contributed by atoms with Crippen molar-refractivity contribution in [2.45, 2.75) is 19.3 Å². The van der Waals surface area contributed by atoms with Crippen LogP contribution in [-0.4, -0.2) is 31.5 Å². The van der Waals surface area contributed by atoms with Crippen molar-refractivity contribution in [2.75, 3.05) is 0 Å². The van der Waals surface area contributed by atoms with Crippen molar-refractivity contribution in [1.82, 2.24) is 0 Å². The zero-order chi connectivity index (χ0) is 12.3. The van der Waals surface area contributed by atoms with Crippen molar-refractivity contribution in [3.8, 4) is 5.75 Å². The molecule has 6 heteroatoms. The van der Waals surface area contributed by atoms with Crippen LogP contribution < -0.4 is 0 Å². The van der Waals surface area contributed by atoms with Gasteiger partial charge in [0.15, 0.2) is 6.10 Å². The number of phenols is 1. The number of aliphatic hydroxyl groups excluding tert-OH is 3. The van der Waals surface area contributed by atoms with E-state index in [1.165, 1.54) is 12.1 Å². The standard InChI is InChI=1S/C10H12O6/c11-3-6-1-5(9(14)10(15)16)2-7(4-12)8(6)13/h1-2,9,11-14H,3-4H2,(H,15,16). The maximum atomic E-state index is 10.5. The number of carboxylic acids is 1. The van der Waals surface area contributed by atoms with Gasteiger partial charge in [-0.1, -0.05) is 0 Å². The van der Waals surface area contributed by atoms with Crippen LogP contribution in [0.5, 0.6) is 5.75 Å². The first-order chi connectivity index (χ1) is 7.51. The second-order valence-electron chi connectivity index (χ2n) is 3.24. The molecule has 1 atom stereocenters. The molecule has 1 aromatic rings. The number of carbonyl (C=O) groups is 1. The topological polar surface area (TPSA) is 118 Å². The van der Waals surface area contributed by atoms with Gasteiger partial charge in [0.1, 0.15) is 5.75 Å². The Kier molecular flexibility index (Phi) is 3.83. The van der Waals surface area contributed by atoms with Crippen LogP contribution in [0.4, 0.5) is 0 Å². The van der Waals surface area contributed by atoms with Crippen LogP contribution in [0.2, 0.25) is 0 Å². The normalized spacial score (nSPS) is 12.4. The summed E-state index contributed by atoms with van der Waals surface area (Å²) in [6.07, 6.45) is -1.75. The molecule has 0 heterocycles. The number of hydrogen-bond donors (Lipinski definition) is 5. The minimum absolute atomic E-state index is 0.00148. The molecule has 88 valence electrons. The molecule has 0 fully saturated rings. The summed E-state index contributed by atoms with van der Waals surface area (Å²) in [6.45, 7) is -1.03. The van der Waals surface area contributed by atoms with Gasteiger partial charge in [-0.25, -0.2) is 4.79 Å². The van der Waals surface area contributed by atoms with Crippen molar-refractivity contribution in [3.63, 3.8) is 0 Å². The zero-order valence-corrected chi connectivity index (χ0v) is 8.29. The van der Waals surface area contributed by atoms with Crippen molar-refractivity contribution >= 4 is 5.97 Å². The van der Waals surface area contributed by atoms with Gasteiger partial charge < -0.3 is 25.5 Å². The average molecular weight is 228 g/mol. The summed E-state index contributed by atoms with van der Waals surface area (Å²) < 4.78 is 0. The van der Waals surface area contributed by atoms with E-state index in [1.807, 2.05) is 0 Å². The molecular weight excluding hydrogens is 216 g/mol. The molecule has 1 rings (SSSR count). The second kappa shape index (κ2) is 4.93. The minimum Gasteiger partial charge on any atom is -0.507 e. The predicted octanol–water partition coefficient (Wildman–Crippen LogP) is -0.505. The number of aromatic hydroxyl groups is 1. The van der Waals surface area contributed by atoms with Crippen LogP contribution in [0.15, 0.2) is 12.1 Å². The van der Waals surface area contributed by atoms with Crippen LogP contribution in [-0.2, 0) is 18.0 Å². The summed E-state index contributed by atoms with van der Waals surface area (Å²) in [6, 6.07) is 2.35. The summed E-state index contributed by atoms with van der Waals surface area (Å²) in [7, 11) is 0. The Morgan fingerprint density at radius 2 is 1.62 bits per heavy atom. The average Bonchev–Trinajstić information content (AvgIpc) is 2.28. The van der Waals surface area contributed by atoms with Gasteiger partial charge in [-0.05, 0) is 17.7 Å². The number of aliphatic carboxylic acids is 1. The van der Waals surface area contributed by atoms with Crippen LogP contribution in [0.1, 0.15) is 22.8 Å². The Hall–Kier alpha value is -1.63. The molecule has 0 saturated heterocycles. The fourth-order valence-electron chi connectivity index (χ4n) is 1.33. The van der Waals surface area contributed by atoms with Gasteiger partial charge in [-0.15, -0.1) is 0 Å². The fourth-order valence-corrected chi connectivity index (χ4v) is 1.33. The lowest BCUT2D eigenvalue weighted by molar-refractivity contribution is -0.146. The molecule has 0 radical (unpaired) electrons. The van der Waals surface area contributed by atoms with E-state index in [9.17, 15) is 15.0 Å². The van der Waals surface area contributed by atoms with Gasteiger partial charge in [0, 0.05) is 11.1 Å². The van der Waals surface area contributed by atoms with Crippen LogP contribution in [0.25, 0.3) is 0 Å². The van der Waals surface area contributed by atoms with Crippen molar-refractivity contribution < 1.29 is 30.3 Å². The quantitative estimate of drug-likeness (QED) is 0.474. The first-order valence-electron chi connectivity index (χ1n) is 4.48. The van der Waals surface area contributed by atoms with E-state index in [1.54, 1.807) is 0 Å². The number of carboxylic acid groups (broad SMARTS) is 1. The smallest absolute Gasteiger partial charge is 0.337 e. The predicted molar refractivity (Wildman–Crippen MR) is 52.5 cm³/mol. The highest BCUT2D eigenvalue weighted by atomic mass is 16.4. The molecule has 0 aliphatic carbocycles. The lowest BCUT2D eigenvalue weighted by atomic mass is 10.0. The first-order valence-corrected chi connectivity index (χ1v) is 4.48. The van der Waals surface area contributed by atoms with Gasteiger partial charge >= 0.3 is 5.97 Å².